The smallest absolute Gasteiger partial charge is 0.309 e. The fourth-order valence-corrected chi connectivity index (χ4v) is 1.59. The van der Waals surface area contributed by atoms with Crippen molar-refractivity contribution in [1.29, 1.82) is 0 Å². The summed E-state index contributed by atoms with van der Waals surface area (Å²) in [5, 5.41) is 8.99. The van der Waals surface area contributed by atoms with Crippen molar-refractivity contribution >= 4 is 5.97 Å². The Morgan fingerprint density at radius 3 is 2.19 bits per heavy atom. The lowest BCUT2D eigenvalue weighted by Gasteiger charge is -2.29. The van der Waals surface area contributed by atoms with E-state index in [-0.39, 0.29) is 0 Å². The zero-order chi connectivity index (χ0) is 12.9. The van der Waals surface area contributed by atoms with E-state index in [1.54, 1.807) is 13.8 Å². The highest BCUT2D eigenvalue weighted by Crippen LogP contribution is 2.22. The minimum Gasteiger partial charge on any atom is -0.481 e. The molecule has 0 aliphatic carbocycles. The molecule has 0 rings (SSSR count). The van der Waals surface area contributed by atoms with Crippen LogP contribution in [0.5, 0.6) is 0 Å². The van der Waals surface area contributed by atoms with Crippen LogP contribution in [-0.4, -0.2) is 35.6 Å². The second kappa shape index (κ2) is 6.24. The molecule has 96 valence electrons. The Kier molecular flexibility index (Phi) is 6.01. The summed E-state index contributed by atoms with van der Waals surface area (Å²) >= 11 is 0. The summed E-state index contributed by atoms with van der Waals surface area (Å²) in [6.07, 6.45) is 1.67. The van der Waals surface area contributed by atoms with Gasteiger partial charge in [-0.3, -0.25) is 4.79 Å². The number of rotatable bonds is 7. The van der Waals surface area contributed by atoms with Crippen LogP contribution in [0.15, 0.2) is 0 Å². The molecule has 3 nitrogen and oxygen atoms in total. The van der Waals surface area contributed by atoms with Crippen LogP contribution in [-0.2, 0) is 4.79 Å². The molecule has 0 spiro atoms. The molecule has 0 amide bonds. The molecule has 16 heavy (non-hydrogen) atoms. The first-order chi connectivity index (χ1) is 7.18. The lowest BCUT2D eigenvalue weighted by Crippen LogP contribution is -2.35. The maximum atomic E-state index is 10.9. The monoisotopic (exact) mass is 229 g/mol. The molecule has 0 aromatic heterocycles. The Bertz CT molecular complexity index is 224. The number of carboxylic acids is 1. The Balaban J connectivity index is 3.95. The zero-order valence-corrected chi connectivity index (χ0v) is 11.6. The fraction of sp³-hybridized carbons (Fsp3) is 0.923. The largest absolute Gasteiger partial charge is 0.481 e. The van der Waals surface area contributed by atoms with Gasteiger partial charge in [-0.25, -0.2) is 0 Å². The summed E-state index contributed by atoms with van der Waals surface area (Å²) < 4.78 is 0. The van der Waals surface area contributed by atoms with Crippen molar-refractivity contribution in [3.8, 4) is 0 Å². The van der Waals surface area contributed by atoms with E-state index in [0.29, 0.717) is 12.0 Å². The van der Waals surface area contributed by atoms with E-state index < -0.39 is 11.4 Å². The van der Waals surface area contributed by atoms with E-state index in [4.69, 9.17) is 5.11 Å². The Morgan fingerprint density at radius 2 is 1.81 bits per heavy atom. The second-order valence-electron chi connectivity index (χ2n) is 5.76. The van der Waals surface area contributed by atoms with Crippen molar-refractivity contribution in [2.45, 2.75) is 53.5 Å². The third-order valence-corrected chi connectivity index (χ3v) is 3.55. The van der Waals surface area contributed by atoms with Gasteiger partial charge in [-0.15, -0.1) is 0 Å². The quantitative estimate of drug-likeness (QED) is 0.729. The molecule has 0 aromatic carbocycles. The van der Waals surface area contributed by atoms with Crippen LogP contribution in [0, 0.1) is 11.3 Å². The predicted octanol–water partition coefficient (Wildman–Crippen LogP) is 2.85. The van der Waals surface area contributed by atoms with Crippen LogP contribution in [0.4, 0.5) is 0 Å². The van der Waals surface area contributed by atoms with Crippen LogP contribution < -0.4 is 0 Å². The lowest BCUT2D eigenvalue weighted by molar-refractivity contribution is -0.147. The number of hydrogen-bond acceptors (Lipinski definition) is 2. The maximum Gasteiger partial charge on any atom is 0.309 e. The van der Waals surface area contributed by atoms with E-state index in [0.717, 1.165) is 19.4 Å². The van der Waals surface area contributed by atoms with Gasteiger partial charge in [0.15, 0.2) is 0 Å². The van der Waals surface area contributed by atoms with Gasteiger partial charge in [0.2, 0.25) is 0 Å². The summed E-state index contributed by atoms with van der Waals surface area (Å²) in [6.45, 7) is 11.2. The SMILES string of the molecule is CC(C)C(C)N(C)CCCC(C)(C)C(=O)O. The van der Waals surface area contributed by atoms with Gasteiger partial charge in [0, 0.05) is 6.04 Å². The Morgan fingerprint density at radius 1 is 1.31 bits per heavy atom. The van der Waals surface area contributed by atoms with Crippen LogP contribution in [0.3, 0.4) is 0 Å². The van der Waals surface area contributed by atoms with Crippen molar-refractivity contribution in [3.05, 3.63) is 0 Å². The van der Waals surface area contributed by atoms with Gasteiger partial charge in [0.1, 0.15) is 0 Å². The highest BCUT2D eigenvalue weighted by molar-refractivity contribution is 5.73. The fourth-order valence-electron chi connectivity index (χ4n) is 1.59. The topological polar surface area (TPSA) is 40.5 Å². The van der Waals surface area contributed by atoms with Crippen molar-refractivity contribution in [3.63, 3.8) is 0 Å². The maximum absolute atomic E-state index is 10.9. The van der Waals surface area contributed by atoms with Gasteiger partial charge in [-0.05, 0) is 53.1 Å². The molecule has 1 N–H and O–H groups in total. The normalized spacial score (nSPS) is 14.5. The molecule has 0 bridgehead atoms. The summed E-state index contributed by atoms with van der Waals surface area (Å²) in [5.74, 6) is -0.0652. The summed E-state index contributed by atoms with van der Waals surface area (Å²) in [5.41, 5.74) is -0.595. The van der Waals surface area contributed by atoms with Crippen molar-refractivity contribution < 1.29 is 9.90 Å². The van der Waals surface area contributed by atoms with E-state index in [9.17, 15) is 4.79 Å². The van der Waals surface area contributed by atoms with Crippen LogP contribution in [0.1, 0.15) is 47.5 Å². The first-order valence-electron chi connectivity index (χ1n) is 6.12. The van der Waals surface area contributed by atoms with Gasteiger partial charge in [0.25, 0.3) is 0 Å². The van der Waals surface area contributed by atoms with Gasteiger partial charge in [0.05, 0.1) is 5.41 Å². The van der Waals surface area contributed by atoms with Crippen LogP contribution in [0.2, 0.25) is 0 Å². The number of aliphatic carboxylic acids is 1. The molecule has 0 aliphatic rings. The summed E-state index contributed by atoms with van der Waals surface area (Å²) in [4.78, 5) is 13.2. The van der Waals surface area contributed by atoms with Crippen molar-refractivity contribution in [2.75, 3.05) is 13.6 Å². The molecule has 0 radical (unpaired) electrons. The average molecular weight is 229 g/mol. The highest BCUT2D eigenvalue weighted by atomic mass is 16.4. The molecule has 1 unspecified atom stereocenters. The van der Waals surface area contributed by atoms with E-state index in [1.807, 2.05) is 0 Å². The lowest BCUT2D eigenvalue weighted by atomic mass is 9.88. The Hall–Kier alpha value is -0.570. The molecule has 0 heterocycles. The molecule has 0 fully saturated rings. The van der Waals surface area contributed by atoms with Crippen molar-refractivity contribution in [1.82, 2.24) is 4.90 Å². The van der Waals surface area contributed by atoms with Gasteiger partial charge in [-0.1, -0.05) is 13.8 Å². The number of carboxylic acid groups (broad SMARTS) is 1. The molecule has 1 atom stereocenters. The van der Waals surface area contributed by atoms with Crippen LogP contribution in [0.25, 0.3) is 0 Å². The number of hydrogen-bond donors (Lipinski definition) is 1. The molecule has 0 aliphatic heterocycles. The van der Waals surface area contributed by atoms with Gasteiger partial charge < -0.3 is 10.0 Å². The first kappa shape index (κ1) is 15.4. The third-order valence-electron chi connectivity index (χ3n) is 3.55. The van der Waals surface area contributed by atoms with E-state index in [2.05, 4.69) is 32.7 Å². The molecule has 0 aromatic rings. The number of nitrogens with zero attached hydrogens (tertiary/aromatic N) is 1. The minimum atomic E-state index is -0.702. The van der Waals surface area contributed by atoms with E-state index >= 15 is 0 Å². The van der Waals surface area contributed by atoms with E-state index in [1.165, 1.54) is 0 Å². The molecule has 0 saturated carbocycles. The first-order valence-corrected chi connectivity index (χ1v) is 6.12. The molecule has 0 saturated heterocycles. The molecule has 3 heteroatoms. The second-order valence-corrected chi connectivity index (χ2v) is 5.76. The zero-order valence-electron chi connectivity index (χ0n) is 11.6. The Labute approximate surface area is 99.8 Å². The minimum absolute atomic E-state index is 0.549. The summed E-state index contributed by atoms with van der Waals surface area (Å²) in [6, 6.07) is 0.549. The molecular weight excluding hydrogens is 202 g/mol. The number of carbonyl (C=O) groups is 1. The van der Waals surface area contributed by atoms with Gasteiger partial charge >= 0.3 is 5.97 Å². The third kappa shape index (κ3) is 4.97. The van der Waals surface area contributed by atoms with Crippen LogP contribution >= 0.6 is 0 Å². The summed E-state index contributed by atoms with van der Waals surface area (Å²) in [7, 11) is 2.11. The highest BCUT2D eigenvalue weighted by Gasteiger charge is 2.26. The average Bonchev–Trinajstić information content (AvgIpc) is 2.15. The predicted molar refractivity (Wildman–Crippen MR) is 67.6 cm³/mol. The van der Waals surface area contributed by atoms with Gasteiger partial charge in [-0.2, -0.15) is 0 Å². The molecular formula is C13H27NO2. The standard InChI is InChI=1S/C13H27NO2/c1-10(2)11(3)14(6)9-7-8-13(4,5)12(15)16/h10-11H,7-9H2,1-6H3,(H,15,16). The van der Waals surface area contributed by atoms with Crippen molar-refractivity contribution in [2.24, 2.45) is 11.3 Å².